The van der Waals surface area contributed by atoms with Crippen molar-refractivity contribution in [1.29, 1.82) is 0 Å². The quantitative estimate of drug-likeness (QED) is 0.155. The maximum Gasteiger partial charge on any atom is 0.312 e. The number of ether oxygens (including phenoxy) is 1. The van der Waals surface area contributed by atoms with Crippen LogP contribution in [0.4, 0.5) is 0 Å². The van der Waals surface area contributed by atoms with Crippen molar-refractivity contribution in [2.45, 2.75) is 181 Å². The second-order valence-electron chi connectivity index (χ2n) is 13.2. The Morgan fingerprint density at radius 1 is 0.611 bits per heavy atom. The summed E-state index contributed by atoms with van der Waals surface area (Å²) in [6.07, 6.45) is 34.2. The van der Waals surface area contributed by atoms with Crippen LogP contribution in [0.5, 0.6) is 0 Å². The summed E-state index contributed by atoms with van der Waals surface area (Å²) in [5.41, 5.74) is 0.0261. The standard InChI is InChI=1S/C34H62O2/c1-3-5-7-9-10-16-24-33(27-22-31(23-28-33)30-20-14-12-15-21-30)34(25-17-13-18-26-34)32(35)36-29-19-11-8-6-4-2/h30-31H,3-29H2,1-2H3/t31-,33+. The van der Waals surface area contributed by atoms with Crippen molar-refractivity contribution in [3.63, 3.8) is 0 Å². The van der Waals surface area contributed by atoms with Crippen LogP contribution < -0.4 is 0 Å². The molecule has 3 fully saturated rings. The molecule has 0 aromatic rings. The van der Waals surface area contributed by atoms with E-state index in [1.165, 1.54) is 148 Å². The van der Waals surface area contributed by atoms with E-state index in [1.54, 1.807) is 0 Å². The summed E-state index contributed by atoms with van der Waals surface area (Å²) >= 11 is 0. The first-order valence-corrected chi connectivity index (χ1v) is 16.8. The molecule has 0 saturated heterocycles. The molecule has 0 aromatic carbocycles. The number of carbonyl (C=O) groups excluding carboxylic acids is 1. The Hall–Kier alpha value is -0.530. The highest BCUT2D eigenvalue weighted by Crippen LogP contribution is 2.61. The zero-order valence-electron chi connectivity index (χ0n) is 24.6. The third kappa shape index (κ3) is 8.23. The van der Waals surface area contributed by atoms with Crippen LogP contribution in [0.1, 0.15) is 181 Å². The van der Waals surface area contributed by atoms with Gasteiger partial charge in [0.1, 0.15) is 0 Å². The van der Waals surface area contributed by atoms with Gasteiger partial charge in [-0.25, -0.2) is 0 Å². The molecule has 0 aromatic heterocycles. The molecule has 0 N–H and O–H groups in total. The first-order chi connectivity index (χ1) is 17.7. The summed E-state index contributed by atoms with van der Waals surface area (Å²) in [6, 6.07) is 0. The number of esters is 1. The van der Waals surface area contributed by atoms with Gasteiger partial charge < -0.3 is 4.74 Å². The van der Waals surface area contributed by atoms with Gasteiger partial charge in [-0.15, -0.1) is 0 Å². The summed E-state index contributed by atoms with van der Waals surface area (Å²) in [7, 11) is 0. The lowest BCUT2D eigenvalue weighted by Crippen LogP contribution is -2.52. The monoisotopic (exact) mass is 502 g/mol. The lowest BCUT2D eigenvalue weighted by Gasteiger charge is -2.55. The van der Waals surface area contributed by atoms with E-state index in [4.69, 9.17) is 4.74 Å². The first-order valence-electron chi connectivity index (χ1n) is 16.8. The Balaban J connectivity index is 1.68. The second-order valence-corrected chi connectivity index (χ2v) is 13.2. The van der Waals surface area contributed by atoms with Crippen LogP contribution in [0.25, 0.3) is 0 Å². The van der Waals surface area contributed by atoms with E-state index >= 15 is 0 Å². The average Bonchev–Trinajstić information content (AvgIpc) is 2.93. The predicted octanol–water partition coefficient (Wildman–Crippen LogP) is 11.0. The van der Waals surface area contributed by atoms with Gasteiger partial charge in [0, 0.05) is 0 Å². The van der Waals surface area contributed by atoms with Gasteiger partial charge in [-0.05, 0) is 68.6 Å². The minimum absolute atomic E-state index is 0.185. The zero-order chi connectivity index (χ0) is 25.5. The minimum Gasteiger partial charge on any atom is -0.465 e. The van der Waals surface area contributed by atoms with Crippen molar-refractivity contribution in [2.75, 3.05) is 6.61 Å². The molecule has 0 atom stereocenters. The fourth-order valence-electron chi connectivity index (χ4n) is 8.60. The third-order valence-electron chi connectivity index (χ3n) is 10.9. The second kappa shape index (κ2) is 16.4. The highest BCUT2D eigenvalue weighted by atomic mass is 16.5. The smallest absolute Gasteiger partial charge is 0.312 e. The highest BCUT2D eigenvalue weighted by molar-refractivity contribution is 5.78. The summed E-state index contributed by atoms with van der Waals surface area (Å²) in [6.45, 7) is 5.23. The minimum atomic E-state index is -0.185. The summed E-state index contributed by atoms with van der Waals surface area (Å²) in [5, 5.41) is 0. The van der Waals surface area contributed by atoms with Gasteiger partial charge >= 0.3 is 5.97 Å². The average molecular weight is 503 g/mol. The molecule has 0 bridgehead atoms. The van der Waals surface area contributed by atoms with Crippen LogP contribution >= 0.6 is 0 Å². The van der Waals surface area contributed by atoms with E-state index in [2.05, 4.69) is 13.8 Å². The van der Waals surface area contributed by atoms with Crippen molar-refractivity contribution in [2.24, 2.45) is 22.7 Å². The van der Waals surface area contributed by atoms with E-state index in [0.29, 0.717) is 6.61 Å². The van der Waals surface area contributed by atoms with Crippen LogP contribution in [-0.4, -0.2) is 12.6 Å². The lowest BCUT2D eigenvalue weighted by molar-refractivity contribution is -0.175. The lowest BCUT2D eigenvalue weighted by atomic mass is 9.49. The predicted molar refractivity (Wildman–Crippen MR) is 154 cm³/mol. The molecule has 0 amide bonds. The molecule has 0 radical (unpaired) electrons. The SMILES string of the molecule is CCCCCCCC[C@]1(C2(C(=O)OCCCCCCC)CCCCC2)CC[C@@H](C2CCCCC2)CC1. The van der Waals surface area contributed by atoms with Crippen LogP contribution in [0.3, 0.4) is 0 Å². The molecule has 3 saturated carbocycles. The largest absolute Gasteiger partial charge is 0.465 e. The fourth-order valence-corrected chi connectivity index (χ4v) is 8.60. The maximum atomic E-state index is 14.0. The van der Waals surface area contributed by atoms with Gasteiger partial charge in [0.15, 0.2) is 0 Å². The third-order valence-corrected chi connectivity index (χ3v) is 10.9. The number of hydrogen-bond donors (Lipinski definition) is 0. The van der Waals surface area contributed by atoms with E-state index in [-0.39, 0.29) is 16.8 Å². The van der Waals surface area contributed by atoms with Gasteiger partial charge in [0.2, 0.25) is 0 Å². The molecule has 3 aliphatic carbocycles. The van der Waals surface area contributed by atoms with E-state index in [0.717, 1.165) is 31.1 Å². The number of hydrogen-bond acceptors (Lipinski definition) is 2. The molecule has 2 nitrogen and oxygen atoms in total. The molecule has 0 heterocycles. The van der Waals surface area contributed by atoms with Crippen LogP contribution in [0.15, 0.2) is 0 Å². The van der Waals surface area contributed by atoms with Crippen LogP contribution in [0, 0.1) is 22.7 Å². The number of unbranched alkanes of at least 4 members (excludes halogenated alkanes) is 9. The van der Waals surface area contributed by atoms with Crippen molar-refractivity contribution >= 4 is 5.97 Å². The van der Waals surface area contributed by atoms with Crippen molar-refractivity contribution in [1.82, 2.24) is 0 Å². The highest BCUT2D eigenvalue weighted by Gasteiger charge is 2.57. The molecular weight excluding hydrogens is 440 g/mol. The summed E-state index contributed by atoms with van der Waals surface area (Å²) in [4.78, 5) is 14.0. The molecule has 210 valence electrons. The maximum absolute atomic E-state index is 14.0. The van der Waals surface area contributed by atoms with Crippen LogP contribution in [-0.2, 0) is 9.53 Å². The number of rotatable bonds is 16. The Labute approximate surface area is 225 Å². The van der Waals surface area contributed by atoms with Gasteiger partial charge in [0.05, 0.1) is 12.0 Å². The molecule has 2 heteroatoms. The Bertz CT molecular complexity index is 576. The van der Waals surface area contributed by atoms with E-state index in [9.17, 15) is 4.79 Å². The van der Waals surface area contributed by atoms with E-state index in [1.807, 2.05) is 0 Å². The Morgan fingerprint density at radius 3 is 1.78 bits per heavy atom. The summed E-state index contributed by atoms with van der Waals surface area (Å²) < 4.78 is 6.21. The van der Waals surface area contributed by atoms with E-state index < -0.39 is 0 Å². The summed E-state index contributed by atoms with van der Waals surface area (Å²) in [5.74, 6) is 2.13. The molecule has 0 spiro atoms. The number of carbonyl (C=O) groups is 1. The molecule has 0 aliphatic heterocycles. The van der Waals surface area contributed by atoms with Gasteiger partial charge in [0.25, 0.3) is 0 Å². The molecule has 36 heavy (non-hydrogen) atoms. The Kier molecular flexibility index (Phi) is 13.7. The first kappa shape index (κ1) is 30.0. The molecular formula is C34H62O2. The van der Waals surface area contributed by atoms with Gasteiger partial charge in [-0.3, -0.25) is 4.79 Å². The normalized spacial score (nSPS) is 27.1. The van der Waals surface area contributed by atoms with Gasteiger partial charge in [-0.1, -0.05) is 129 Å². The van der Waals surface area contributed by atoms with Crippen molar-refractivity contribution in [3.05, 3.63) is 0 Å². The van der Waals surface area contributed by atoms with Crippen molar-refractivity contribution < 1.29 is 9.53 Å². The zero-order valence-corrected chi connectivity index (χ0v) is 24.6. The van der Waals surface area contributed by atoms with Gasteiger partial charge in [-0.2, -0.15) is 0 Å². The molecule has 3 rings (SSSR count). The molecule has 3 aliphatic rings. The van der Waals surface area contributed by atoms with Crippen LogP contribution in [0.2, 0.25) is 0 Å². The van der Waals surface area contributed by atoms with Crippen molar-refractivity contribution in [3.8, 4) is 0 Å². The topological polar surface area (TPSA) is 26.3 Å². The fraction of sp³-hybridized carbons (Fsp3) is 0.971. The molecule has 0 unspecified atom stereocenters. The Morgan fingerprint density at radius 2 is 1.14 bits per heavy atom.